The molecule has 1 saturated heterocycles. The van der Waals surface area contributed by atoms with E-state index in [2.05, 4.69) is 13.8 Å². The van der Waals surface area contributed by atoms with Crippen LogP contribution in [0.3, 0.4) is 0 Å². The molecule has 4 nitrogen and oxygen atoms in total. The highest BCUT2D eigenvalue weighted by Crippen LogP contribution is 2.33. The lowest BCUT2D eigenvalue weighted by molar-refractivity contribution is -0.0528. The molecule has 0 bridgehead atoms. The lowest BCUT2D eigenvalue weighted by atomic mass is 9.91. The predicted molar refractivity (Wildman–Crippen MR) is 105 cm³/mol. The van der Waals surface area contributed by atoms with Crippen LogP contribution in [-0.2, 0) is 17.7 Å². The number of nitrogens with zero attached hydrogens (tertiary/aromatic N) is 1. The molecule has 0 spiro atoms. The zero-order valence-corrected chi connectivity index (χ0v) is 16.4. The largest absolute Gasteiger partial charge is 0.391 e. The quantitative estimate of drug-likeness (QED) is 0.877. The summed E-state index contributed by atoms with van der Waals surface area (Å²) in [7, 11) is 0. The molecule has 2 unspecified atom stereocenters. The van der Waals surface area contributed by atoms with E-state index in [-0.39, 0.29) is 11.9 Å². The third-order valence-electron chi connectivity index (χ3n) is 5.96. The van der Waals surface area contributed by atoms with E-state index in [9.17, 15) is 9.90 Å². The second kappa shape index (κ2) is 7.27. The van der Waals surface area contributed by atoms with Crippen molar-refractivity contribution in [2.45, 2.75) is 45.4 Å². The Morgan fingerprint density at radius 3 is 2.67 bits per heavy atom. The average molecular weight is 386 g/mol. The maximum Gasteiger partial charge on any atom is 0.254 e. The number of benzene rings is 2. The molecule has 0 aromatic heterocycles. The fraction of sp³-hybridized carbons (Fsp3) is 0.409. The Morgan fingerprint density at radius 1 is 1.22 bits per heavy atom. The van der Waals surface area contributed by atoms with Gasteiger partial charge >= 0.3 is 0 Å². The molecular weight excluding hydrogens is 362 g/mol. The third kappa shape index (κ3) is 3.38. The third-order valence-corrected chi connectivity index (χ3v) is 6.21. The van der Waals surface area contributed by atoms with Crippen LogP contribution in [0.2, 0.25) is 5.02 Å². The Balaban J connectivity index is 1.65. The molecule has 2 atom stereocenters. The fourth-order valence-electron chi connectivity index (χ4n) is 4.11. The van der Waals surface area contributed by atoms with Crippen molar-refractivity contribution in [1.29, 1.82) is 0 Å². The van der Waals surface area contributed by atoms with Gasteiger partial charge in [-0.25, -0.2) is 0 Å². The summed E-state index contributed by atoms with van der Waals surface area (Å²) in [5.41, 5.74) is 6.55. The summed E-state index contributed by atoms with van der Waals surface area (Å²) >= 11 is 5.99. The van der Waals surface area contributed by atoms with E-state index in [4.69, 9.17) is 16.3 Å². The number of halogens is 1. The summed E-state index contributed by atoms with van der Waals surface area (Å²) in [5, 5.41) is 11.1. The van der Waals surface area contributed by atoms with Gasteiger partial charge in [0.15, 0.2) is 0 Å². The van der Waals surface area contributed by atoms with Gasteiger partial charge in [0, 0.05) is 23.7 Å². The molecule has 5 heteroatoms. The summed E-state index contributed by atoms with van der Waals surface area (Å²) in [6.45, 7) is 5.70. The topological polar surface area (TPSA) is 49.8 Å². The van der Waals surface area contributed by atoms with Crippen molar-refractivity contribution in [2.24, 2.45) is 0 Å². The number of ether oxygens (including phenoxy) is 1. The number of aliphatic hydroxyl groups is 1. The molecule has 2 aromatic carbocycles. The summed E-state index contributed by atoms with van der Waals surface area (Å²) in [6, 6.07) is 9.60. The van der Waals surface area contributed by atoms with E-state index in [0.717, 1.165) is 28.1 Å². The zero-order chi connectivity index (χ0) is 19.1. The number of fused-ring (bicyclic) bond motifs is 1. The van der Waals surface area contributed by atoms with Crippen LogP contribution in [0, 0.1) is 13.8 Å². The smallest absolute Gasteiger partial charge is 0.254 e. The first-order valence-electron chi connectivity index (χ1n) is 9.39. The van der Waals surface area contributed by atoms with Crippen LogP contribution in [-0.4, -0.2) is 41.3 Å². The van der Waals surface area contributed by atoms with Gasteiger partial charge in [-0.05, 0) is 72.7 Å². The minimum absolute atomic E-state index is 0.00000567. The summed E-state index contributed by atoms with van der Waals surface area (Å²) in [5.74, 6) is 0.00000567. The molecular formula is C22H24ClNO3. The van der Waals surface area contributed by atoms with E-state index in [1.165, 1.54) is 16.7 Å². The number of hydrogen-bond acceptors (Lipinski definition) is 3. The van der Waals surface area contributed by atoms with Gasteiger partial charge in [0.25, 0.3) is 5.91 Å². The summed E-state index contributed by atoms with van der Waals surface area (Å²) in [4.78, 5) is 14.9. The lowest BCUT2D eigenvalue weighted by Gasteiger charge is -2.34. The maximum atomic E-state index is 13.1. The number of rotatable bonds is 3. The predicted octanol–water partition coefficient (Wildman–Crippen LogP) is 3.65. The van der Waals surface area contributed by atoms with E-state index in [0.29, 0.717) is 26.2 Å². The van der Waals surface area contributed by atoms with E-state index in [1.54, 1.807) is 4.90 Å². The zero-order valence-electron chi connectivity index (χ0n) is 15.7. The highest BCUT2D eigenvalue weighted by Gasteiger charge is 2.38. The number of aliphatic hydroxyl groups excluding tert-OH is 1. The monoisotopic (exact) mass is 385 g/mol. The molecule has 0 aliphatic carbocycles. The Kier molecular flexibility index (Phi) is 4.97. The molecule has 2 aromatic rings. The molecule has 1 fully saturated rings. The molecule has 27 heavy (non-hydrogen) atoms. The molecule has 4 rings (SSSR count). The highest BCUT2D eigenvalue weighted by molar-refractivity contribution is 6.30. The van der Waals surface area contributed by atoms with Gasteiger partial charge in [-0.1, -0.05) is 23.7 Å². The minimum Gasteiger partial charge on any atom is -0.391 e. The molecule has 0 saturated carbocycles. The van der Waals surface area contributed by atoms with Gasteiger partial charge in [-0.15, -0.1) is 0 Å². The first-order chi connectivity index (χ1) is 13.0. The number of carbonyl (C=O) groups excluding carboxylic acids is 1. The molecule has 0 radical (unpaired) electrons. The van der Waals surface area contributed by atoms with Crippen molar-refractivity contribution in [3.8, 4) is 0 Å². The first-order valence-corrected chi connectivity index (χ1v) is 9.76. The molecule has 1 N–H and O–H groups in total. The van der Waals surface area contributed by atoms with Crippen molar-refractivity contribution in [2.75, 3.05) is 13.2 Å². The molecule has 2 aliphatic heterocycles. The van der Waals surface area contributed by atoms with E-state index >= 15 is 0 Å². The Bertz CT molecular complexity index is 878. The van der Waals surface area contributed by atoms with Gasteiger partial charge in [-0.2, -0.15) is 0 Å². The van der Waals surface area contributed by atoms with Gasteiger partial charge in [0.05, 0.1) is 18.8 Å². The van der Waals surface area contributed by atoms with Crippen molar-refractivity contribution in [3.63, 3.8) is 0 Å². The lowest BCUT2D eigenvalue weighted by Crippen LogP contribution is -2.49. The standard InChI is InChI=1S/C22H24ClNO3/c1-13-14(2)19-11-24(20-12-27-8-7-21(20)25)22(26)18(19)10-16(13)9-15-3-5-17(23)6-4-15/h3-6,10,20-21,25H,7-9,11-12H2,1-2H3. The van der Waals surface area contributed by atoms with Gasteiger partial charge in [0.1, 0.15) is 0 Å². The minimum atomic E-state index is -0.521. The maximum absolute atomic E-state index is 13.1. The van der Waals surface area contributed by atoms with Gasteiger partial charge < -0.3 is 14.7 Å². The molecule has 142 valence electrons. The number of carbonyl (C=O) groups is 1. The Labute approximate surface area is 164 Å². The van der Waals surface area contributed by atoms with Gasteiger partial charge in [-0.3, -0.25) is 4.79 Å². The van der Waals surface area contributed by atoms with E-state index < -0.39 is 6.10 Å². The normalized spacial score (nSPS) is 22.2. The van der Waals surface area contributed by atoms with Crippen molar-refractivity contribution < 1.29 is 14.6 Å². The van der Waals surface area contributed by atoms with Crippen LogP contribution in [0.15, 0.2) is 30.3 Å². The summed E-state index contributed by atoms with van der Waals surface area (Å²) in [6.07, 6.45) is 0.816. The first kappa shape index (κ1) is 18.5. The van der Waals surface area contributed by atoms with Crippen molar-refractivity contribution in [3.05, 3.63) is 68.7 Å². The van der Waals surface area contributed by atoms with Crippen molar-refractivity contribution >= 4 is 17.5 Å². The Hall–Kier alpha value is -1.88. The highest BCUT2D eigenvalue weighted by atomic mass is 35.5. The molecule has 1 amide bonds. The molecule has 2 heterocycles. The van der Waals surface area contributed by atoms with Crippen LogP contribution in [0.25, 0.3) is 0 Å². The van der Waals surface area contributed by atoms with Crippen LogP contribution < -0.4 is 0 Å². The van der Waals surface area contributed by atoms with Gasteiger partial charge in [0.2, 0.25) is 0 Å². The molecule has 2 aliphatic rings. The van der Waals surface area contributed by atoms with Crippen LogP contribution in [0.4, 0.5) is 0 Å². The second-order valence-corrected chi connectivity index (χ2v) is 7.98. The van der Waals surface area contributed by atoms with Crippen molar-refractivity contribution in [1.82, 2.24) is 4.90 Å². The number of hydrogen-bond donors (Lipinski definition) is 1. The van der Waals surface area contributed by atoms with Crippen LogP contribution in [0.5, 0.6) is 0 Å². The summed E-state index contributed by atoms with van der Waals surface area (Å²) < 4.78 is 5.51. The van der Waals surface area contributed by atoms with Crippen LogP contribution >= 0.6 is 11.6 Å². The average Bonchev–Trinajstić information content (AvgIpc) is 2.98. The fourth-order valence-corrected chi connectivity index (χ4v) is 4.24. The van der Waals surface area contributed by atoms with E-state index in [1.807, 2.05) is 30.3 Å². The SMILES string of the molecule is Cc1c(Cc2ccc(Cl)cc2)cc2c(c1C)CN(C1COCCC1O)C2=O. The number of amides is 1. The Morgan fingerprint density at radius 2 is 1.96 bits per heavy atom. The van der Waals surface area contributed by atoms with Crippen LogP contribution in [0.1, 0.15) is 44.6 Å². The second-order valence-electron chi connectivity index (χ2n) is 7.55.